The van der Waals surface area contributed by atoms with Gasteiger partial charge in [-0.2, -0.15) is 0 Å². The van der Waals surface area contributed by atoms with Gasteiger partial charge in [-0.05, 0) is 18.3 Å². The van der Waals surface area contributed by atoms with E-state index in [1.165, 1.54) is 0 Å². The summed E-state index contributed by atoms with van der Waals surface area (Å²) in [4.78, 5) is 8.48. The lowest BCUT2D eigenvalue weighted by Crippen LogP contribution is -2.19. The summed E-state index contributed by atoms with van der Waals surface area (Å²) in [6.45, 7) is 0. The van der Waals surface area contributed by atoms with Crippen LogP contribution < -0.4 is 11.1 Å². The SMILES string of the molecule is NC(=S)Nc1ccnc(-c2ccccc2)n1. The molecule has 0 fully saturated rings. The first-order valence-corrected chi connectivity index (χ1v) is 5.11. The van der Waals surface area contributed by atoms with Gasteiger partial charge in [0.1, 0.15) is 5.82 Å². The van der Waals surface area contributed by atoms with Gasteiger partial charge in [0.25, 0.3) is 0 Å². The highest BCUT2D eigenvalue weighted by atomic mass is 32.1. The minimum Gasteiger partial charge on any atom is -0.376 e. The molecule has 0 aliphatic rings. The van der Waals surface area contributed by atoms with Gasteiger partial charge < -0.3 is 11.1 Å². The van der Waals surface area contributed by atoms with Gasteiger partial charge in [0.2, 0.25) is 0 Å². The average Bonchev–Trinajstić information content (AvgIpc) is 2.30. The van der Waals surface area contributed by atoms with Gasteiger partial charge in [0.05, 0.1) is 0 Å². The van der Waals surface area contributed by atoms with Crippen molar-refractivity contribution in [1.29, 1.82) is 0 Å². The Morgan fingerprint density at radius 1 is 1.19 bits per heavy atom. The lowest BCUT2D eigenvalue weighted by atomic mass is 10.2. The van der Waals surface area contributed by atoms with Gasteiger partial charge in [-0.1, -0.05) is 30.3 Å². The summed E-state index contributed by atoms with van der Waals surface area (Å²) in [5.74, 6) is 1.24. The van der Waals surface area contributed by atoms with Gasteiger partial charge in [-0.15, -0.1) is 0 Å². The van der Waals surface area contributed by atoms with E-state index >= 15 is 0 Å². The zero-order valence-electron chi connectivity index (χ0n) is 8.42. The van der Waals surface area contributed by atoms with E-state index in [4.69, 9.17) is 18.0 Å². The summed E-state index contributed by atoms with van der Waals surface area (Å²) >= 11 is 4.74. The molecule has 0 bridgehead atoms. The van der Waals surface area contributed by atoms with E-state index in [1.54, 1.807) is 12.3 Å². The van der Waals surface area contributed by atoms with Crippen LogP contribution in [-0.4, -0.2) is 15.1 Å². The van der Waals surface area contributed by atoms with Gasteiger partial charge >= 0.3 is 0 Å². The third kappa shape index (κ3) is 2.52. The van der Waals surface area contributed by atoms with Crippen LogP contribution in [0.25, 0.3) is 11.4 Å². The van der Waals surface area contributed by atoms with Gasteiger partial charge in [-0.3, -0.25) is 0 Å². The molecule has 1 heterocycles. The molecule has 16 heavy (non-hydrogen) atoms. The van der Waals surface area contributed by atoms with Crippen molar-refractivity contribution in [3.8, 4) is 11.4 Å². The number of thiocarbonyl (C=S) groups is 1. The molecule has 0 unspecified atom stereocenters. The van der Waals surface area contributed by atoms with E-state index in [2.05, 4.69) is 15.3 Å². The second-order valence-electron chi connectivity index (χ2n) is 3.12. The standard InChI is InChI=1S/C11H10N4S/c12-11(16)15-9-6-7-13-10(14-9)8-4-2-1-3-5-8/h1-7H,(H3,12,13,14,15,16). The van der Waals surface area contributed by atoms with Crippen LogP contribution in [0.3, 0.4) is 0 Å². The van der Waals surface area contributed by atoms with E-state index in [9.17, 15) is 0 Å². The van der Waals surface area contributed by atoms with Crippen LogP contribution in [-0.2, 0) is 0 Å². The molecule has 0 saturated heterocycles. The van der Waals surface area contributed by atoms with E-state index in [0.29, 0.717) is 11.6 Å². The van der Waals surface area contributed by atoms with Crippen molar-refractivity contribution in [3.63, 3.8) is 0 Å². The molecule has 5 heteroatoms. The van der Waals surface area contributed by atoms with Gasteiger partial charge in [-0.25, -0.2) is 9.97 Å². The molecular weight excluding hydrogens is 220 g/mol. The highest BCUT2D eigenvalue weighted by Crippen LogP contribution is 2.15. The van der Waals surface area contributed by atoms with Crippen molar-refractivity contribution in [1.82, 2.24) is 9.97 Å². The summed E-state index contributed by atoms with van der Waals surface area (Å²) in [6.07, 6.45) is 1.66. The summed E-state index contributed by atoms with van der Waals surface area (Å²) in [5, 5.41) is 2.97. The Morgan fingerprint density at radius 3 is 2.62 bits per heavy atom. The van der Waals surface area contributed by atoms with Crippen LogP contribution in [0.1, 0.15) is 0 Å². The fourth-order valence-corrected chi connectivity index (χ4v) is 1.39. The lowest BCUT2D eigenvalue weighted by Gasteiger charge is -2.04. The van der Waals surface area contributed by atoms with Crippen LogP contribution in [0.4, 0.5) is 5.82 Å². The van der Waals surface area contributed by atoms with Gasteiger partial charge in [0, 0.05) is 11.8 Å². The molecule has 0 aliphatic heterocycles. The van der Waals surface area contributed by atoms with E-state index in [0.717, 1.165) is 5.56 Å². The molecule has 0 radical (unpaired) electrons. The second-order valence-corrected chi connectivity index (χ2v) is 3.56. The summed E-state index contributed by atoms with van der Waals surface area (Å²) in [5.41, 5.74) is 6.33. The van der Waals surface area contributed by atoms with Crippen molar-refractivity contribution in [3.05, 3.63) is 42.6 Å². The molecule has 0 amide bonds. The molecule has 0 spiro atoms. The summed E-state index contributed by atoms with van der Waals surface area (Å²) in [6, 6.07) is 11.4. The van der Waals surface area contributed by atoms with Crippen molar-refractivity contribution in [2.45, 2.75) is 0 Å². The number of benzene rings is 1. The Bertz CT molecular complexity index is 498. The Hall–Kier alpha value is -2.01. The highest BCUT2D eigenvalue weighted by molar-refractivity contribution is 7.80. The van der Waals surface area contributed by atoms with Gasteiger partial charge in [0.15, 0.2) is 10.9 Å². The Balaban J connectivity index is 2.33. The smallest absolute Gasteiger partial charge is 0.169 e. The first kappa shape index (κ1) is 10.5. The topological polar surface area (TPSA) is 63.8 Å². The first-order valence-electron chi connectivity index (χ1n) is 4.70. The Morgan fingerprint density at radius 2 is 1.94 bits per heavy atom. The second kappa shape index (κ2) is 4.67. The number of nitrogens with zero attached hydrogens (tertiary/aromatic N) is 2. The molecule has 2 rings (SSSR count). The first-order chi connectivity index (χ1) is 7.75. The van der Waals surface area contributed by atoms with Crippen LogP contribution in [0, 0.1) is 0 Å². The monoisotopic (exact) mass is 230 g/mol. The molecule has 4 nitrogen and oxygen atoms in total. The molecule has 80 valence electrons. The number of hydrogen-bond donors (Lipinski definition) is 2. The Labute approximate surface area is 98.5 Å². The highest BCUT2D eigenvalue weighted by Gasteiger charge is 2.01. The molecule has 0 aliphatic carbocycles. The van der Waals surface area contributed by atoms with Crippen LogP contribution in [0.15, 0.2) is 42.6 Å². The fraction of sp³-hybridized carbons (Fsp3) is 0. The molecule has 1 aromatic carbocycles. The number of aromatic nitrogens is 2. The molecule has 0 atom stereocenters. The lowest BCUT2D eigenvalue weighted by molar-refractivity contribution is 1.18. The molecule has 2 aromatic rings. The predicted molar refractivity (Wildman–Crippen MR) is 67.9 cm³/mol. The maximum absolute atomic E-state index is 5.37. The molecule has 3 N–H and O–H groups in total. The average molecular weight is 230 g/mol. The predicted octanol–water partition coefficient (Wildman–Crippen LogP) is 1.80. The van der Waals surface area contributed by atoms with Crippen LogP contribution in [0.5, 0.6) is 0 Å². The normalized spacial score (nSPS) is 9.75. The summed E-state index contributed by atoms with van der Waals surface area (Å²) in [7, 11) is 0. The zero-order valence-corrected chi connectivity index (χ0v) is 9.24. The van der Waals surface area contributed by atoms with E-state index in [1.807, 2.05) is 30.3 Å². The minimum atomic E-state index is 0.192. The van der Waals surface area contributed by atoms with Crippen molar-refractivity contribution in [2.75, 3.05) is 5.32 Å². The largest absolute Gasteiger partial charge is 0.376 e. The molecule has 1 aromatic heterocycles. The van der Waals surface area contributed by atoms with Crippen molar-refractivity contribution >= 4 is 23.1 Å². The summed E-state index contributed by atoms with van der Waals surface area (Å²) < 4.78 is 0. The number of rotatable bonds is 2. The fourth-order valence-electron chi connectivity index (χ4n) is 1.28. The maximum Gasteiger partial charge on any atom is 0.169 e. The third-order valence-electron chi connectivity index (χ3n) is 1.94. The van der Waals surface area contributed by atoms with Crippen LogP contribution in [0.2, 0.25) is 0 Å². The van der Waals surface area contributed by atoms with E-state index < -0.39 is 0 Å². The quantitative estimate of drug-likeness (QED) is 0.770. The number of anilines is 1. The maximum atomic E-state index is 5.37. The van der Waals surface area contributed by atoms with Crippen molar-refractivity contribution in [2.24, 2.45) is 5.73 Å². The molecular formula is C11H10N4S. The van der Waals surface area contributed by atoms with Crippen LogP contribution >= 0.6 is 12.2 Å². The number of hydrogen-bond acceptors (Lipinski definition) is 3. The zero-order chi connectivity index (χ0) is 11.4. The Kier molecular flexibility index (Phi) is 3.07. The number of nitrogens with two attached hydrogens (primary N) is 1. The third-order valence-corrected chi connectivity index (χ3v) is 2.04. The van der Waals surface area contributed by atoms with Crippen molar-refractivity contribution < 1.29 is 0 Å². The minimum absolute atomic E-state index is 0.192. The van der Waals surface area contributed by atoms with E-state index in [-0.39, 0.29) is 5.11 Å². The molecule has 0 saturated carbocycles. The number of nitrogens with one attached hydrogen (secondary N) is 1.